The second-order valence-corrected chi connectivity index (χ2v) is 5.16. The lowest BCUT2D eigenvalue weighted by Crippen LogP contribution is -2.14. The van der Waals surface area contributed by atoms with Crippen molar-refractivity contribution in [1.82, 2.24) is 9.97 Å². The maximum atomic E-state index is 12.2. The van der Waals surface area contributed by atoms with Gasteiger partial charge in [-0.1, -0.05) is 12.1 Å². The van der Waals surface area contributed by atoms with Crippen LogP contribution in [0.2, 0.25) is 0 Å². The van der Waals surface area contributed by atoms with Crippen LogP contribution in [0.15, 0.2) is 59.5 Å². The quantitative estimate of drug-likeness (QED) is 0.607. The summed E-state index contributed by atoms with van der Waals surface area (Å²) in [5, 5.41) is 4.02. The van der Waals surface area contributed by atoms with E-state index in [1.165, 1.54) is 6.39 Å². The van der Waals surface area contributed by atoms with Crippen molar-refractivity contribution in [2.45, 2.75) is 6.42 Å². The molecule has 2 heterocycles. The zero-order valence-electron chi connectivity index (χ0n) is 11.7. The molecular formula is C17H13N3O2. The molecule has 5 nitrogen and oxygen atoms in total. The van der Waals surface area contributed by atoms with Crippen LogP contribution < -0.4 is 5.32 Å². The van der Waals surface area contributed by atoms with Gasteiger partial charge >= 0.3 is 0 Å². The van der Waals surface area contributed by atoms with E-state index in [1.807, 2.05) is 30.5 Å². The molecule has 0 aliphatic heterocycles. The third kappa shape index (κ3) is 2.33. The lowest BCUT2D eigenvalue weighted by atomic mass is 10.1. The van der Waals surface area contributed by atoms with Crippen LogP contribution in [0.25, 0.3) is 22.0 Å². The van der Waals surface area contributed by atoms with E-state index in [-0.39, 0.29) is 5.91 Å². The molecule has 0 aliphatic rings. The molecule has 2 aromatic heterocycles. The van der Waals surface area contributed by atoms with Gasteiger partial charge in [0, 0.05) is 17.4 Å². The fourth-order valence-electron chi connectivity index (χ4n) is 2.53. The number of anilines is 1. The lowest BCUT2D eigenvalue weighted by molar-refractivity contribution is -0.115. The summed E-state index contributed by atoms with van der Waals surface area (Å²) in [5.74, 6) is -0.0613. The third-order valence-corrected chi connectivity index (χ3v) is 3.60. The van der Waals surface area contributed by atoms with Gasteiger partial charge in [0.2, 0.25) is 5.91 Å². The average molecular weight is 291 g/mol. The number of H-pyrrole nitrogens is 1. The topological polar surface area (TPSA) is 70.9 Å². The SMILES string of the molecule is O=C(Cc1ccc2cc[nH]c2c1)Nc1ccc2ocnc2c1. The number of oxazole rings is 1. The van der Waals surface area contributed by atoms with Crippen LogP contribution >= 0.6 is 0 Å². The van der Waals surface area contributed by atoms with Gasteiger partial charge in [0.05, 0.1) is 6.42 Å². The fraction of sp³-hybridized carbons (Fsp3) is 0.0588. The summed E-state index contributed by atoms with van der Waals surface area (Å²) in [6, 6.07) is 13.4. The molecule has 0 atom stereocenters. The number of aromatic amines is 1. The lowest BCUT2D eigenvalue weighted by Gasteiger charge is -2.05. The highest BCUT2D eigenvalue weighted by Gasteiger charge is 2.07. The molecule has 0 bridgehead atoms. The molecule has 4 aromatic rings. The van der Waals surface area contributed by atoms with Crippen molar-refractivity contribution in [2.24, 2.45) is 0 Å². The average Bonchev–Trinajstić information content (AvgIpc) is 3.14. The molecule has 2 aromatic carbocycles. The smallest absolute Gasteiger partial charge is 0.228 e. The summed E-state index contributed by atoms with van der Waals surface area (Å²) in [4.78, 5) is 19.4. The van der Waals surface area contributed by atoms with Gasteiger partial charge in [-0.3, -0.25) is 4.79 Å². The van der Waals surface area contributed by atoms with Crippen molar-refractivity contribution < 1.29 is 9.21 Å². The molecule has 0 saturated carbocycles. The van der Waals surface area contributed by atoms with Gasteiger partial charge in [-0.05, 0) is 41.3 Å². The van der Waals surface area contributed by atoms with E-state index >= 15 is 0 Å². The van der Waals surface area contributed by atoms with Gasteiger partial charge in [0.1, 0.15) is 5.52 Å². The Morgan fingerprint density at radius 3 is 3.09 bits per heavy atom. The Hall–Kier alpha value is -3.08. The normalized spacial score (nSPS) is 11.1. The predicted octanol–water partition coefficient (Wildman–Crippen LogP) is 3.49. The van der Waals surface area contributed by atoms with Crippen LogP contribution in [0, 0.1) is 0 Å². The van der Waals surface area contributed by atoms with Crippen molar-refractivity contribution in [2.75, 3.05) is 5.32 Å². The number of carbonyl (C=O) groups is 1. The molecule has 22 heavy (non-hydrogen) atoms. The van der Waals surface area contributed by atoms with Crippen LogP contribution in [0.4, 0.5) is 5.69 Å². The summed E-state index contributed by atoms with van der Waals surface area (Å²) >= 11 is 0. The van der Waals surface area contributed by atoms with Crippen molar-refractivity contribution >= 4 is 33.6 Å². The number of benzene rings is 2. The number of fused-ring (bicyclic) bond motifs is 2. The van der Waals surface area contributed by atoms with Crippen LogP contribution in [0.5, 0.6) is 0 Å². The summed E-state index contributed by atoms with van der Waals surface area (Å²) in [6.45, 7) is 0. The van der Waals surface area contributed by atoms with Gasteiger partial charge in [-0.25, -0.2) is 4.98 Å². The molecule has 5 heteroatoms. The third-order valence-electron chi connectivity index (χ3n) is 3.60. The highest BCUT2D eigenvalue weighted by Crippen LogP contribution is 2.18. The molecule has 0 radical (unpaired) electrons. The number of nitrogens with one attached hydrogen (secondary N) is 2. The number of hydrogen-bond donors (Lipinski definition) is 2. The number of nitrogens with zero attached hydrogens (tertiary/aromatic N) is 1. The number of carbonyl (C=O) groups excluding carboxylic acids is 1. The molecule has 0 fully saturated rings. The Balaban J connectivity index is 1.51. The number of rotatable bonds is 3. The first-order chi connectivity index (χ1) is 10.8. The number of amides is 1. The van der Waals surface area contributed by atoms with Gasteiger partial charge < -0.3 is 14.7 Å². The molecule has 108 valence electrons. The first kappa shape index (κ1) is 12.6. The van der Waals surface area contributed by atoms with E-state index in [2.05, 4.69) is 15.3 Å². The molecule has 0 aliphatic carbocycles. The van der Waals surface area contributed by atoms with Crippen LogP contribution in [0.1, 0.15) is 5.56 Å². The molecule has 0 spiro atoms. The minimum Gasteiger partial charge on any atom is -0.443 e. The van der Waals surface area contributed by atoms with Crippen LogP contribution in [-0.2, 0) is 11.2 Å². The monoisotopic (exact) mass is 291 g/mol. The predicted molar refractivity (Wildman–Crippen MR) is 84.6 cm³/mol. The summed E-state index contributed by atoms with van der Waals surface area (Å²) < 4.78 is 5.18. The first-order valence-electron chi connectivity index (χ1n) is 6.97. The van der Waals surface area contributed by atoms with E-state index in [0.717, 1.165) is 22.0 Å². The number of aromatic nitrogens is 2. The number of hydrogen-bond acceptors (Lipinski definition) is 3. The van der Waals surface area contributed by atoms with E-state index in [1.54, 1.807) is 18.2 Å². The van der Waals surface area contributed by atoms with E-state index in [0.29, 0.717) is 17.7 Å². The summed E-state index contributed by atoms with van der Waals surface area (Å²) in [5.41, 5.74) is 4.15. The summed E-state index contributed by atoms with van der Waals surface area (Å²) in [6.07, 6.45) is 3.61. The molecule has 0 saturated heterocycles. The zero-order valence-corrected chi connectivity index (χ0v) is 11.7. The molecule has 4 rings (SSSR count). The van der Waals surface area contributed by atoms with Crippen molar-refractivity contribution in [3.8, 4) is 0 Å². The second kappa shape index (κ2) is 5.04. The van der Waals surface area contributed by atoms with Crippen LogP contribution in [0.3, 0.4) is 0 Å². The molecule has 1 amide bonds. The zero-order chi connectivity index (χ0) is 14.9. The van der Waals surface area contributed by atoms with Gasteiger partial charge in [0.15, 0.2) is 12.0 Å². The van der Waals surface area contributed by atoms with E-state index in [9.17, 15) is 4.79 Å². The molecule has 2 N–H and O–H groups in total. The van der Waals surface area contributed by atoms with Crippen molar-refractivity contribution in [1.29, 1.82) is 0 Å². The van der Waals surface area contributed by atoms with E-state index in [4.69, 9.17) is 4.42 Å². The van der Waals surface area contributed by atoms with Gasteiger partial charge in [-0.2, -0.15) is 0 Å². The van der Waals surface area contributed by atoms with Crippen LogP contribution in [-0.4, -0.2) is 15.9 Å². The highest BCUT2D eigenvalue weighted by atomic mass is 16.3. The van der Waals surface area contributed by atoms with Gasteiger partial charge in [0.25, 0.3) is 0 Å². The maximum absolute atomic E-state index is 12.2. The van der Waals surface area contributed by atoms with Gasteiger partial charge in [-0.15, -0.1) is 0 Å². The molecule has 0 unspecified atom stereocenters. The Morgan fingerprint density at radius 1 is 1.18 bits per heavy atom. The molecular weight excluding hydrogens is 278 g/mol. The minimum absolute atomic E-state index is 0.0613. The van der Waals surface area contributed by atoms with Crippen molar-refractivity contribution in [3.05, 3.63) is 60.6 Å². The first-order valence-corrected chi connectivity index (χ1v) is 6.97. The standard InChI is InChI=1S/C17H13N3O2/c21-17(8-11-1-2-12-5-6-18-14(12)7-11)20-13-3-4-16-15(9-13)19-10-22-16/h1-7,9-10,18H,8H2,(H,20,21). The Bertz CT molecular complexity index is 890. The minimum atomic E-state index is -0.0613. The Labute approximate surface area is 126 Å². The Morgan fingerprint density at radius 2 is 2.14 bits per heavy atom. The Kier molecular flexibility index (Phi) is 2.89. The maximum Gasteiger partial charge on any atom is 0.228 e. The van der Waals surface area contributed by atoms with Crippen molar-refractivity contribution in [3.63, 3.8) is 0 Å². The second-order valence-electron chi connectivity index (χ2n) is 5.16. The largest absolute Gasteiger partial charge is 0.443 e. The van der Waals surface area contributed by atoms with E-state index < -0.39 is 0 Å². The highest BCUT2D eigenvalue weighted by molar-refractivity contribution is 5.94. The fourth-order valence-corrected chi connectivity index (χ4v) is 2.53. The summed E-state index contributed by atoms with van der Waals surface area (Å²) in [7, 11) is 0.